The standard InChI is InChI=1S/C19H30IN3/c1-7-14(4)11-22-9-8-15(5)10-16(13(2)3)18-17(20)12-23-19(18)21-6/h12,14,22H,2,5,7-11H2,1,3-4,6H3,(H,21,23)/b18-16-/t14-/m0/s1. The van der Waals surface area contributed by atoms with Crippen molar-refractivity contribution in [3.63, 3.8) is 0 Å². The minimum Gasteiger partial charge on any atom is -0.345 e. The van der Waals surface area contributed by atoms with Gasteiger partial charge in [0.25, 0.3) is 0 Å². The second kappa shape index (κ2) is 10.1. The van der Waals surface area contributed by atoms with Gasteiger partial charge in [0.2, 0.25) is 0 Å². The zero-order chi connectivity index (χ0) is 17.4. The number of nitrogens with zero attached hydrogens (tertiary/aromatic N) is 1. The molecule has 1 aliphatic heterocycles. The molecule has 1 heterocycles. The lowest BCUT2D eigenvalue weighted by Crippen LogP contribution is -2.22. The van der Waals surface area contributed by atoms with Crippen LogP contribution in [-0.4, -0.2) is 26.0 Å². The maximum atomic E-state index is 4.34. The number of hydrogen-bond acceptors (Lipinski definition) is 2. The average Bonchev–Trinajstić information content (AvgIpc) is 2.89. The molecule has 0 aromatic carbocycles. The summed E-state index contributed by atoms with van der Waals surface area (Å²) in [6.45, 7) is 17.1. The van der Waals surface area contributed by atoms with Gasteiger partial charge in [-0.3, -0.25) is 4.99 Å². The van der Waals surface area contributed by atoms with Crippen LogP contribution in [0.4, 0.5) is 0 Å². The Balaban J connectivity index is 2.69. The van der Waals surface area contributed by atoms with Crippen molar-refractivity contribution >= 4 is 28.4 Å². The smallest absolute Gasteiger partial charge is 0.133 e. The lowest BCUT2D eigenvalue weighted by atomic mass is 9.94. The van der Waals surface area contributed by atoms with Crippen molar-refractivity contribution in [1.82, 2.24) is 10.6 Å². The molecule has 0 fully saturated rings. The molecule has 23 heavy (non-hydrogen) atoms. The van der Waals surface area contributed by atoms with Crippen LogP contribution in [0.1, 0.15) is 40.0 Å². The number of nitrogens with one attached hydrogen (secondary N) is 2. The fourth-order valence-electron chi connectivity index (χ4n) is 2.40. The fraction of sp³-hybridized carbons (Fsp3) is 0.526. The first-order valence-electron chi connectivity index (χ1n) is 8.26. The van der Waals surface area contributed by atoms with Gasteiger partial charge < -0.3 is 10.6 Å². The van der Waals surface area contributed by atoms with E-state index in [0.29, 0.717) is 0 Å². The first kappa shape index (κ1) is 20.2. The molecule has 3 nitrogen and oxygen atoms in total. The number of amidine groups is 1. The molecule has 1 aliphatic rings. The Hall–Kier alpha value is -0.880. The molecule has 0 amide bonds. The molecule has 0 aromatic heterocycles. The third kappa shape index (κ3) is 6.26. The van der Waals surface area contributed by atoms with E-state index >= 15 is 0 Å². The summed E-state index contributed by atoms with van der Waals surface area (Å²) in [7, 11) is 1.81. The number of allylic oxidation sites excluding steroid dienone is 2. The van der Waals surface area contributed by atoms with Gasteiger partial charge in [0, 0.05) is 22.4 Å². The van der Waals surface area contributed by atoms with E-state index in [9.17, 15) is 0 Å². The molecule has 1 rings (SSSR count). The molecule has 0 radical (unpaired) electrons. The molecule has 0 spiro atoms. The minimum absolute atomic E-state index is 0.732. The Bertz CT molecular complexity index is 541. The van der Waals surface area contributed by atoms with E-state index in [1.165, 1.54) is 26.7 Å². The van der Waals surface area contributed by atoms with Crippen LogP contribution in [0.5, 0.6) is 0 Å². The van der Waals surface area contributed by atoms with Crippen molar-refractivity contribution in [3.8, 4) is 0 Å². The summed E-state index contributed by atoms with van der Waals surface area (Å²) in [6.07, 6.45) is 5.07. The highest BCUT2D eigenvalue weighted by Gasteiger charge is 2.21. The highest BCUT2D eigenvalue weighted by molar-refractivity contribution is 14.1. The maximum absolute atomic E-state index is 4.34. The molecule has 0 aromatic rings. The van der Waals surface area contributed by atoms with Crippen molar-refractivity contribution in [2.45, 2.75) is 40.0 Å². The van der Waals surface area contributed by atoms with Crippen LogP contribution in [0.2, 0.25) is 0 Å². The highest BCUT2D eigenvalue weighted by Crippen LogP contribution is 2.32. The van der Waals surface area contributed by atoms with Crippen LogP contribution in [0, 0.1) is 5.92 Å². The zero-order valence-corrected chi connectivity index (χ0v) is 17.1. The minimum atomic E-state index is 0.732. The molecule has 1 atom stereocenters. The third-order valence-corrected chi connectivity index (χ3v) is 4.97. The quantitative estimate of drug-likeness (QED) is 0.317. The summed E-state index contributed by atoms with van der Waals surface area (Å²) in [5.41, 5.74) is 4.73. The third-order valence-electron chi connectivity index (χ3n) is 4.12. The number of rotatable bonds is 9. The Morgan fingerprint density at radius 3 is 2.70 bits per heavy atom. The van der Waals surface area contributed by atoms with E-state index in [1.54, 1.807) is 0 Å². The topological polar surface area (TPSA) is 36.4 Å². The van der Waals surface area contributed by atoms with Gasteiger partial charge in [-0.1, -0.05) is 44.6 Å². The lowest BCUT2D eigenvalue weighted by molar-refractivity contribution is 0.501. The summed E-state index contributed by atoms with van der Waals surface area (Å²) in [5.74, 6) is 1.66. The first-order chi connectivity index (χ1) is 10.9. The van der Waals surface area contributed by atoms with Crippen LogP contribution < -0.4 is 10.6 Å². The molecule has 4 heteroatoms. The summed E-state index contributed by atoms with van der Waals surface area (Å²) < 4.78 is 1.18. The first-order valence-corrected chi connectivity index (χ1v) is 9.34. The van der Waals surface area contributed by atoms with Crippen LogP contribution in [0.25, 0.3) is 0 Å². The summed E-state index contributed by atoms with van der Waals surface area (Å²) in [4.78, 5) is 4.34. The average molecular weight is 427 g/mol. The molecule has 0 aliphatic carbocycles. The molecule has 0 unspecified atom stereocenters. The predicted molar refractivity (Wildman–Crippen MR) is 111 cm³/mol. The molecule has 0 saturated carbocycles. The normalized spacial score (nSPS) is 19.3. The van der Waals surface area contributed by atoms with E-state index < -0.39 is 0 Å². The second-order valence-electron chi connectivity index (χ2n) is 6.24. The molecule has 0 bridgehead atoms. The van der Waals surface area contributed by atoms with Crippen molar-refractivity contribution in [2.24, 2.45) is 10.9 Å². The summed E-state index contributed by atoms with van der Waals surface area (Å²) in [5, 5.41) is 6.74. The summed E-state index contributed by atoms with van der Waals surface area (Å²) >= 11 is 2.35. The van der Waals surface area contributed by atoms with Gasteiger partial charge in [0.15, 0.2) is 0 Å². The Labute approximate surface area is 155 Å². The van der Waals surface area contributed by atoms with Gasteiger partial charge in [0.05, 0.1) is 0 Å². The van der Waals surface area contributed by atoms with E-state index in [0.717, 1.165) is 43.3 Å². The van der Waals surface area contributed by atoms with Gasteiger partial charge in [-0.2, -0.15) is 0 Å². The molecular weight excluding hydrogens is 397 g/mol. The van der Waals surface area contributed by atoms with Crippen molar-refractivity contribution in [1.29, 1.82) is 0 Å². The second-order valence-corrected chi connectivity index (χ2v) is 7.40. The van der Waals surface area contributed by atoms with Crippen LogP contribution in [-0.2, 0) is 0 Å². The van der Waals surface area contributed by atoms with Crippen LogP contribution >= 0.6 is 22.6 Å². The molecule has 0 saturated heterocycles. The van der Waals surface area contributed by atoms with Gasteiger partial charge >= 0.3 is 0 Å². The molecular formula is C19H30IN3. The van der Waals surface area contributed by atoms with Crippen molar-refractivity contribution < 1.29 is 0 Å². The van der Waals surface area contributed by atoms with Crippen LogP contribution in [0.3, 0.4) is 0 Å². The number of aliphatic imine (C=N–C) groups is 1. The van der Waals surface area contributed by atoms with Crippen molar-refractivity contribution in [3.05, 3.63) is 45.2 Å². The number of halogens is 1. The SMILES string of the molecule is C=C(CCNC[C@@H](C)CC)C/C(C(=C)C)=C1\C(I)=CN\C1=N\C. The van der Waals surface area contributed by atoms with E-state index in [1.807, 2.05) is 13.2 Å². The highest BCUT2D eigenvalue weighted by atomic mass is 127. The van der Waals surface area contributed by atoms with E-state index in [-0.39, 0.29) is 0 Å². The van der Waals surface area contributed by atoms with E-state index in [2.05, 4.69) is 72.1 Å². The molecule has 128 valence electrons. The summed E-state index contributed by atoms with van der Waals surface area (Å²) in [6, 6.07) is 0. The fourth-order valence-corrected chi connectivity index (χ4v) is 3.14. The Kier molecular flexibility index (Phi) is 8.84. The van der Waals surface area contributed by atoms with Gasteiger partial charge in [0.1, 0.15) is 5.84 Å². The predicted octanol–water partition coefficient (Wildman–Crippen LogP) is 4.74. The van der Waals surface area contributed by atoms with Crippen molar-refractivity contribution in [2.75, 3.05) is 20.1 Å². The van der Waals surface area contributed by atoms with Gasteiger partial charge in [-0.05, 0) is 66.9 Å². The zero-order valence-electron chi connectivity index (χ0n) is 14.9. The molecule has 2 N–H and O–H groups in total. The van der Waals surface area contributed by atoms with Gasteiger partial charge in [-0.25, -0.2) is 0 Å². The lowest BCUT2D eigenvalue weighted by Gasteiger charge is -2.15. The number of hydrogen-bond donors (Lipinski definition) is 2. The largest absolute Gasteiger partial charge is 0.345 e. The maximum Gasteiger partial charge on any atom is 0.133 e. The van der Waals surface area contributed by atoms with Gasteiger partial charge in [-0.15, -0.1) is 0 Å². The van der Waals surface area contributed by atoms with E-state index in [4.69, 9.17) is 0 Å². The Morgan fingerprint density at radius 1 is 1.43 bits per heavy atom. The van der Waals surface area contributed by atoms with Crippen LogP contribution in [0.15, 0.2) is 50.2 Å². The monoisotopic (exact) mass is 427 g/mol. The Morgan fingerprint density at radius 2 is 2.13 bits per heavy atom.